The second-order valence-electron chi connectivity index (χ2n) is 5.06. The summed E-state index contributed by atoms with van der Waals surface area (Å²) in [4.78, 5) is 6.82. The maximum Gasteiger partial charge on any atom is 0.149 e. The van der Waals surface area contributed by atoms with Crippen molar-refractivity contribution in [3.63, 3.8) is 0 Å². The average molecular weight is 318 g/mol. The third kappa shape index (κ3) is 3.68. The van der Waals surface area contributed by atoms with Crippen molar-refractivity contribution >= 4 is 34.8 Å². The number of rotatable bonds is 5. The largest absolute Gasteiger partial charge is 0.384 e. The molecule has 0 saturated carbocycles. The van der Waals surface area contributed by atoms with Gasteiger partial charge in [-0.3, -0.25) is 0 Å². The second-order valence-corrected chi connectivity index (χ2v) is 5.88. The number of piperidine rings is 1. The first-order valence-electron chi connectivity index (χ1n) is 6.99. The number of nitrogens with zero attached hydrogens (tertiary/aromatic N) is 2. The lowest BCUT2D eigenvalue weighted by atomic mass is 9.99. The molecular weight excluding hydrogens is 297 g/mol. The van der Waals surface area contributed by atoms with Gasteiger partial charge in [0.1, 0.15) is 11.6 Å². The lowest BCUT2D eigenvalue weighted by Crippen LogP contribution is -2.37. The summed E-state index contributed by atoms with van der Waals surface area (Å²) < 4.78 is 5.26. The molecule has 0 amide bonds. The Morgan fingerprint density at radius 1 is 1.45 bits per heavy atom. The van der Waals surface area contributed by atoms with Crippen LogP contribution in [0.5, 0.6) is 0 Å². The predicted octanol–water partition coefficient (Wildman–Crippen LogP) is 3.68. The van der Waals surface area contributed by atoms with Gasteiger partial charge >= 0.3 is 0 Å². The molecular formula is C14H21Cl2N3O. The van der Waals surface area contributed by atoms with Gasteiger partial charge in [-0.1, -0.05) is 23.2 Å². The molecule has 1 atom stereocenters. The molecule has 2 heterocycles. The lowest BCUT2D eigenvalue weighted by molar-refractivity contribution is 0.143. The van der Waals surface area contributed by atoms with Crippen LogP contribution in [-0.2, 0) is 4.74 Å². The van der Waals surface area contributed by atoms with Crippen LogP contribution in [0.25, 0.3) is 0 Å². The van der Waals surface area contributed by atoms with Gasteiger partial charge in [0.2, 0.25) is 0 Å². The lowest BCUT2D eigenvalue weighted by Gasteiger charge is -2.34. The number of methoxy groups -OCH3 is 1. The fraction of sp³-hybridized carbons (Fsp3) is 0.643. The Morgan fingerprint density at radius 2 is 2.25 bits per heavy atom. The van der Waals surface area contributed by atoms with Crippen LogP contribution in [0.15, 0.2) is 6.07 Å². The molecule has 1 unspecified atom stereocenters. The molecule has 1 fully saturated rings. The SMILES string of the molecule is CCNc1nc(N2CCCC(COC)C2)c(Cl)cc1Cl. The number of hydrogen-bond acceptors (Lipinski definition) is 4. The molecule has 20 heavy (non-hydrogen) atoms. The molecule has 1 N–H and O–H groups in total. The van der Waals surface area contributed by atoms with E-state index in [0.29, 0.717) is 21.8 Å². The minimum Gasteiger partial charge on any atom is -0.384 e. The highest BCUT2D eigenvalue weighted by Gasteiger charge is 2.23. The molecule has 4 nitrogen and oxygen atoms in total. The van der Waals surface area contributed by atoms with Crippen molar-refractivity contribution in [2.45, 2.75) is 19.8 Å². The summed E-state index contributed by atoms with van der Waals surface area (Å²) in [6.45, 7) is 5.47. The third-order valence-corrected chi connectivity index (χ3v) is 4.04. The van der Waals surface area contributed by atoms with Gasteiger partial charge in [-0.15, -0.1) is 0 Å². The first-order chi connectivity index (χ1) is 9.65. The van der Waals surface area contributed by atoms with Gasteiger partial charge in [0.05, 0.1) is 16.7 Å². The summed E-state index contributed by atoms with van der Waals surface area (Å²) in [7, 11) is 1.75. The van der Waals surface area contributed by atoms with E-state index in [1.54, 1.807) is 13.2 Å². The molecule has 0 bridgehead atoms. The van der Waals surface area contributed by atoms with Crippen LogP contribution in [0.4, 0.5) is 11.6 Å². The Bertz CT molecular complexity index is 454. The van der Waals surface area contributed by atoms with E-state index in [-0.39, 0.29) is 0 Å². The molecule has 112 valence electrons. The molecule has 1 aromatic heterocycles. The van der Waals surface area contributed by atoms with E-state index < -0.39 is 0 Å². The van der Waals surface area contributed by atoms with Crippen molar-refractivity contribution in [3.05, 3.63) is 16.1 Å². The molecule has 0 spiro atoms. The van der Waals surface area contributed by atoms with Gasteiger partial charge in [0, 0.05) is 26.7 Å². The average Bonchev–Trinajstić information content (AvgIpc) is 2.43. The molecule has 0 aliphatic carbocycles. The van der Waals surface area contributed by atoms with Gasteiger partial charge in [-0.05, 0) is 31.7 Å². The number of aromatic nitrogens is 1. The normalized spacial score (nSPS) is 19.2. The predicted molar refractivity (Wildman–Crippen MR) is 85.2 cm³/mol. The molecule has 1 aliphatic rings. The fourth-order valence-corrected chi connectivity index (χ4v) is 3.14. The summed E-state index contributed by atoms with van der Waals surface area (Å²) in [5, 5.41) is 4.33. The number of halogens is 2. The van der Waals surface area contributed by atoms with Crippen LogP contribution in [0.3, 0.4) is 0 Å². The Hall–Kier alpha value is -0.710. The third-order valence-electron chi connectivity index (χ3n) is 3.48. The summed E-state index contributed by atoms with van der Waals surface area (Å²) >= 11 is 12.5. The van der Waals surface area contributed by atoms with Crippen LogP contribution >= 0.6 is 23.2 Å². The Morgan fingerprint density at radius 3 is 2.95 bits per heavy atom. The van der Waals surface area contributed by atoms with E-state index in [4.69, 9.17) is 27.9 Å². The molecule has 1 aliphatic heterocycles. The quantitative estimate of drug-likeness (QED) is 0.898. The monoisotopic (exact) mass is 317 g/mol. The summed E-state index contributed by atoms with van der Waals surface area (Å²) in [5.74, 6) is 2.04. The molecule has 1 aromatic rings. The highest BCUT2D eigenvalue weighted by molar-refractivity contribution is 6.37. The number of hydrogen-bond donors (Lipinski definition) is 1. The van der Waals surface area contributed by atoms with Gasteiger partial charge in [0.15, 0.2) is 0 Å². The van der Waals surface area contributed by atoms with Crippen molar-refractivity contribution in [3.8, 4) is 0 Å². The Kier molecular flexibility index (Phi) is 5.75. The van der Waals surface area contributed by atoms with Crippen LogP contribution in [0, 0.1) is 5.92 Å². The minimum absolute atomic E-state index is 0.532. The van der Waals surface area contributed by atoms with Crippen molar-refractivity contribution in [2.24, 2.45) is 5.92 Å². The van der Waals surface area contributed by atoms with Crippen LogP contribution in [0.1, 0.15) is 19.8 Å². The molecule has 0 aromatic carbocycles. The number of nitrogens with one attached hydrogen (secondary N) is 1. The minimum atomic E-state index is 0.532. The topological polar surface area (TPSA) is 37.4 Å². The highest BCUT2D eigenvalue weighted by Crippen LogP contribution is 2.33. The van der Waals surface area contributed by atoms with E-state index >= 15 is 0 Å². The van der Waals surface area contributed by atoms with E-state index in [0.717, 1.165) is 38.5 Å². The zero-order chi connectivity index (χ0) is 14.5. The van der Waals surface area contributed by atoms with Crippen molar-refractivity contribution in [1.29, 1.82) is 0 Å². The Balaban J connectivity index is 2.20. The number of pyridine rings is 1. The second kappa shape index (κ2) is 7.34. The van der Waals surface area contributed by atoms with Gasteiger partial charge < -0.3 is 15.0 Å². The molecule has 2 rings (SSSR count). The van der Waals surface area contributed by atoms with Gasteiger partial charge in [-0.25, -0.2) is 4.98 Å². The smallest absolute Gasteiger partial charge is 0.149 e. The maximum atomic E-state index is 6.31. The van der Waals surface area contributed by atoms with E-state index in [1.165, 1.54) is 6.42 Å². The molecule has 1 saturated heterocycles. The summed E-state index contributed by atoms with van der Waals surface area (Å²) in [6, 6.07) is 1.77. The fourth-order valence-electron chi connectivity index (χ4n) is 2.60. The Labute approximate surface area is 130 Å². The van der Waals surface area contributed by atoms with Gasteiger partial charge in [0.25, 0.3) is 0 Å². The van der Waals surface area contributed by atoms with Crippen molar-refractivity contribution in [2.75, 3.05) is 43.6 Å². The zero-order valence-electron chi connectivity index (χ0n) is 12.0. The van der Waals surface area contributed by atoms with Crippen LogP contribution < -0.4 is 10.2 Å². The number of anilines is 2. The summed E-state index contributed by atoms with van der Waals surface area (Å²) in [5.41, 5.74) is 0. The van der Waals surface area contributed by atoms with Crippen LogP contribution in [-0.4, -0.2) is 38.3 Å². The van der Waals surface area contributed by atoms with E-state index in [9.17, 15) is 0 Å². The zero-order valence-corrected chi connectivity index (χ0v) is 13.5. The molecule has 0 radical (unpaired) electrons. The van der Waals surface area contributed by atoms with E-state index in [1.807, 2.05) is 6.92 Å². The van der Waals surface area contributed by atoms with E-state index in [2.05, 4.69) is 15.2 Å². The van der Waals surface area contributed by atoms with Crippen molar-refractivity contribution in [1.82, 2.24) is 4.98 Å². The first-order valence-corrected chi connectivity index (χ1v) is 7.75. The summed E-state index contributed by atoms with van der Waals surface area (Å²) in [6.07, 6.45) is 2.32. The maximum absolute atomic E-state index is 6.31. The van der Waals surface area contributed by atoms with Crippen molar-refractivity contribution < 1.29 is 4.74 Å². The van der Waals surface area contributed by atoms with Crippen LogP contribution in [0.2, 0.25) is 10.0 Å². The highest BCUT2D eigenvalue weighted by atomic mass is 35.5. The first kappa shape index (κ1) is 15.7. The standard InChI is InChI=1S/C14H21Cl2N3O/c1-3-17-13-11(15)7-12(16)14(18-13)19-6-4-5-10(8-19)9-20-2/h7,10H,3-6,8-9H2,1-2H3,(H,17,18). The molecule has 6 heteroatoms. The van der Waals surface area contributed by atoms with Gasteiger partial charge in [-0.2, -0.15) is 0 Å². The number of ether oxygens (including phenoxy) is 1.